The molecule has 21 heavy (non-hydrogen) atoms. The number of hydrogen-bond acceptors (Lipinski definition) is 4. The van der Waals surface area contributed by atoms with E-state index < -0.39 is 10.0 Å². The molecule has 0 radical (unpaired) electrons. The van der Waals surface area contributed by atoms with Crippen LogP contribution in [0.1, 0.15) is 29.8 Å². The van der Waals surface area contributed by atoms with E-state index in [1.807, 2.05) is 30.5 Å². The summed E-state index contributed by atoms with van der Waals surface area (Å²) in [5.74, 6) is 0. The van der Waals surface area contributed by atoms with Gasteiger partial charge >= 0.3 is 0 Å². The summed E-state index contributed by atoms with van der Waals surface area (Å²) in [5.41, 5.74) is 6.80. The zero-order valence-corrected chi connectivity index (χ0v) is 13.6. The molecule has 1 heterocycles. The van der Waals surface area contributed by atoms with Gasteiger partial charge in [0, 0.05) is 17.5 Å². The van der Waals surface area contributed by atoms with Gasteiger partial charge in [-0.25, -0.2) is 13.1 Å². The number of sulfonamides is 1. The molecule has 1 atom stereocenters. The van der Waals surface area contributed by atoms with Gasteiger partial charge in [-0.3, -0.25) is 0 Å². The van der Waals surface area contributed by atoms with Crippen molar-refractivity contribution in [3.63, 3.8) is 0 Å². The molecule has 0 saturated heterocycles. The third-order valence-electron chi connectivity index (χ3n) is 3.28. The fourth-order valence-corrected chi connectivity index (χ4v) is 3.79. The van der Waals surface area contributed by atoms with Crippen LogP contribution in [0.25, 0.3) is 0 Å². The fraction of sp³-hybridized carbons (Fsp3) is 0.333. The molecule has 114 valence electrons. The minimum atomic E-state index is -3.48. The first-order valence-corrected chi connectivity index (χ1v) is 9.27. The third kappa shape index (κ3) is 4.38. The van der Waals surface area contributed by atoms with Gasteiger partial charge in [-0.15, -0.1) is 11.3 Å². The van der Waals surface area contributed by atoms with Crippen LogP contribution in [-0.4, -0.2) is 15.0 Å². The van der Waals surface area contributed by atoms with E-state index in [9.17, 15) is 8.42 Å². The highest BCUT2D eigenvalue weighted by atomic mass is 32.2. The summed E-state index contributed by atoms with van der Waals surface area (Å²) in [7, 11) is -3.48. The van der Waals surface area contributed by atoms with E-state index in [0.29, 0.717) is 13.0 Å². The normalized spacial score (nSPS) is 13.2. The molecule has 1 aromatic carbocycles. The van der Waals surface area contributed by atoms with Crippen molar-refractivity contribution < 1.29 is 8.42 Å². The predicted molar refractivity (Wildman–Crippen MR) is 86.9 cm³/mol. The molecular weight excluding hydrogens is 304 g/mol. The van der Waals surface area contributed by atoms with Crippen molar-refractivity contribution in [2.75, 3.05) is 6.54 Å². The lowest BCUT2D eigenvalue weighted by molar-refractivity contribution is 0.581. The Morgan fingerprint density at radius 3 is 2.76 bits per heavy atom. The topological polar surface area (TPSA) is 72.2 Å². The molecule has 4 nitrogen and oxygen atoms in total. The Kier molecular flexibility index (Phi) is 5.52. The van der Waals surface area contributed by atoms with Crippen LogP contribution >= 0.6 is 11.3 Å². The lowest BCUT2D eigenvalue weighted by Crippen LogP contribution is -2.26. The molecule has 2 rings (SSSR count). The maximum absolute atomic E-state index is 12.3. The van der Waals surface area contributed by atoms with Crippen LogP contribution in [0.4, 0.5) is 0 Å². The van der Waals surface area contributed by atoms with E-state index in [-0.39, 0.29) is 10.9 Å². The van der Waals surface area contributed by atoms with Gasteiger partial charge in [0.25, 0.3) is 0 Å². The molecule has 0 bridgehead atoms. The highest BCUT2D eigenvalue weighted by Crippen LogP contribution is 2.18. The van der Waals surface area contributed by atoms with E-state index in [0.717, 1.165) is 12.0 Å². The third-order valence-corrected chi connectivity index (χ3v) is 5.67. The van der Waals surface area contributed by atoms with Crippen molar-refractivity contribution in [1.29, 1.82) is 0 Å². The Balaban J connectivity index is 2.05. The standard InChI is InChI=1S/C15H20N2O2S2/c1-2-15(16)12-5-3-7-14(11-12)21(18,19)17-9-8-13-6-4-10-20-13/h3-7,10-11,15,17H,2,8-9,16H2,1H3. The number of rotatable bonds is 7. The first-order valence-electron chi connectivity index (χ1n) is 6.90. The Morgan fingerprint density at radius 1 is 1.29 bits per heavy atom. The SMILES string of the molecule is CCC(N)c1cccc(S(=O)(=O)NCCc2cccs2)c1. The van der Waals surface area contributed by atoms with Crippen molar-refractivity contribution in [2.24, 2.45) is 5.73 Å². The van der Waals surface area contributed by atoms with Crippen molar-refractivity contribution in [1.82, 2.24) is 4.72 Å². The van der Waals surface area contributed by atoms with Gasteiger partial charge in [0.05, 0.1) is 4.90 Å². The van der Waals surface area contributed by atoms with Crippen LogP contribution in [0.5, 0.6) is 0 Å². The van der Waals surface area contributed by atoms with Gasteiger partial charge in [-0.2, -0.15) is 0 Å². The summed E-state index contributed by atoms with van der Waals surface area (Å²) in [6.07, 6.45) is 1.47. The fourth-order valence-electron chi connectivity index (χ4n) is 1.99. The summed E-state index contributed by atoms with van der Waals surface area (Å²) < 4.78 is 27.2. The van der Waals surface area contributed by atoms with Gasteiger partial charge in [-0.05, 0) is 42.0 Å². The molecule has 0 saturated carbocycles. The molecular formula is C15H20N2O2S2. The molecule has 1 unspecified atom stereocenters. The number of hydrogen-bond donors (Lipinski definition) is 2. The van der Waals surface area contributed by atoms with Crippen molar-refractivity contribution in [2.45, 2.75) is 30.7 Å². The van der Waals surface area contributed by atoms with E-state index in [4.69, 9.17) is 5.73 Å². The van der Waals surface area contributed by atoms with E-state index in [2.05, 4.69) is 4.72 Å². The monoisotopic (exact) mass is 324 g/mol. The van der Waals surface area contributed by atoms with Crippen molar-refractivity contribution >= 4 is 21.4 Å². The molecule has 0 spiro atoms. The quantitative estimate of drug-likeness (QED) is 0.822. The average Bonchev–Trinajstić information content (AvgIpc) is 2.99. The summed E-state index contributed by atoms with van der Waals surface area (Å²) in [6, 6.07) is 10.7. The minimum Gasteiger partial charge on any atom is -0.324 e. The molecule has 6 heteroatoms. The summed E-state index contributed by atoms with van der Waals surface area (Å²) in [5, 5.41) is 1.99. The molecule has 0 fully saturated rings. The van der Waals surface area contributed by atoms with Gasteiger partial charge in [0.2, 0.25) is 10.0 Å². The van der Waals surface area contributed by atoms with Crippen molar-refractivity contribution in [3.05, 3.63) is 52.2 Å². The van der Waals surface area contributed by atoms with Crippen LogP contribution < -0.4 is 10.5 Å². The van der Waals surface area contributed by atoms with Gasteiger partial charge in [0.1, 0.15) is 0 Å². The maximum Gasteiger partial charge on any atom is 0.240 e. The van der Waals surface area contributed by atoms with Crippen LogP contribution in [-0.2, 0) is 16.4 Å². The van der Waals surface area contributed by atoms with Gasteiger partial charge < -0.3 is 5.73 Å². The Labute approximate surface area is 130 Å². The smallest absolute Gasteiger partial charge is 0.240 e. The van der Waals surface area contributed by atoms with E-state index >= 15 is 0 Å². The second kappa shape index (κ2) is 7.17. The summed E-state index contributed by atoms with van der Waals surface area (Å²) >= 11 is 1.63. The minimum absolute atomic E-state index is 0.133. The van der Waals surface area contributed by atoms with Crippen molar-refractivity contribution in [3.8, 4) is 0 Å². The molecule has 0 aliphatic carbocycles. The van der Waals surface area contributed by atoms with Crippen LogP contribution in [0.3, 0.4) is 0 Å². The molecule has 2 aromatic rings. The van der Waals surface area contributed by atoms with Crippen LogP contribution in [0.2, 0.25) is 0 Å². The molecule has 0 aliphatic rings. The Hall–Kier alpha value is -1.21. The molecule has 3 N–H and O–H groups in total. The molecule has 0 amide bonds. The summed E-state index contributed by atoms with van der Waals surface area (Å²) in [6.45, 7) is 2.37. The van der Waals surface area contributed by atoms with E-state index in [1.54, 1.807) is 29.5 Å². The number of nitrogens with two attached hydrogens (primary N) is 1. The van der Waals surface area contributed by atoms with Gasteiger partial charge in [-0.1, -0.05) is 25.1 Å². The lowest BCUT2D eigenvalue weighted by atomic mass is 10.1. The second-order valence-corrected chi connectivity index (χ2v) is 7.61. The maximum atomic E-state index is 12.3. The second-order valence-electron chi connectivity index (χ2n) is 4.81. The highest BCUT2D eigenvalue weighted by Gasteiger charge is 2.15. The van der Waals surface area contributed by atoms with Gasteiger partial charge in [0.15, 0.2) is 0 Å². The highest BCUT2D eigenvalue weighted by molar-refractivity contribution is 7.89. The zero-order chi connectivity index (χ0) is 15.3. The number of nitrogens with one attached hydrogen (secondary N) is 1. The number of benzene rings is 1. The van der Waals surface area contributed by atoms with E-state index in [1.165, 1.54) is 4.88 Å². The molecule has 1 aromatic heterocycles. The lowest BCUT2D eigenvalue weighted by Gasteiger charge is -2.11. The first kappa shape index (κ1) is 16.2. The number of thiophene rings is 1. The first-order chi connectivity index (χ1) is 10.0. The Bertz CT molecular complexity index is 667. The largest absolute Gasteiger partial charge is 0.324 e. The Morgan fingerprint density at radius 2 is 2.10 bits per heavy atom. The predicted octanol–water partition coefficient (Wildman–Crippen LogP) is 2.68. The average molecular weight is 324 g/mol. The molecule has 0 aliphatic heterocycles. The van der Waals surface area contributed by atoms with Crippen LogP contribution in [0.15, 0.2) is 46.7 Å². The van der Waals surface area contributed by atoms with Crippen LogP contribution in [0, 0.1) is 0 Å². The summed E-state index contributed by atoms with van der Waals surface area (Å²) in [4.78, 5) is 1.44. The zero-order valence-electron chi connectivity index (χ0n) is 12.0.